The number of hydrogen-bond acceptors (Lipinski definition) is 7. The Bertz CT molecular complexity index is 1640. The van der Waals surface area contributed by atoms with Crippen molar-refractivity contribution in [3.8, 4) is 22.7 Å². The monoisotopic (exact) mass is 567 g/mol. The number of carbonyl (C=O) groups excluding carboxylic acids is 1. The molecule has 2 aromatic heterocycles. The number of fused-ring (bicyclic) bond motifs is 1. The quantitative estimate of drug-likeness (QED) is 0.238. The zero-order valence-corrected chi connectivity index (χ0v) is 21.9. The fourth-order valence-corrected chi connectivity index (χ4v) is 4.68. The number of ether oxygens (including phenoxy) is 2. The number of carbonyl (C=O) groups is 1. The van der Waals surface area contributed by atoms with Crippen molar-refractivity contribution in [2.75, 3.05) is 12.5 Å². The molecular weight excluding hydrogens is 547 g/mol. The van der Waals surface area contributed by atoms with Crippen LogP contribution in [0.25, 0.3) is 27.0 Å². The van der Waals surface area contributed by atoms with E-state index in [0.717, 1.165) is 17.3 Å². The van der Waals surface area contributed by atoms with Crippen molar-refractivity contribution in [1.29, 1.82) is 0 Å². The molecule has 0 aliphatic rings. The first-order chi connectivity index (χ1) is 17.9. The van der Waals surface area contributed by atoms with Crippen molar-refractivity contribution in [3.63, 3.8) is 0 Å². The van der Waals surface area contributed by atoms with Gasteiger partial charge in [-0.1, -0.05) is 6.07 Å². The lowest BCUT2D eigenvalue weighted by molar-refractivity contribution is -0.150. The average molecular weight is 568 g/mol. The minimum absolute atomic E-state index is 0.0610. The molecule has 0 aliphatic carbocycles. The molecule has 4 rings (SSSR count). The Morgan fingerprint density at radius 3 is 2.58 bits per heavy atom. The Morgan fingerprint density at radius 2 is 1.89 bits per heavy atom. The minimum atomic E-state index is -4.86. The average Bonchev–Trinajstić information content (AvgIpc) is 3.28. The van der Waals surface area contributed by atoms with E-state index in [1.807, 2.05) is 6.92 Å². The van der Waals surface area contributed by atoms with Crippen LogP contribution in [0.4, 0.5) is 13.2 Å². The lowest BCUT2D eigenvalue weighted by atomic mass is 10.0. The van der Waals surface area contributed by atoms with Crippen molar-refractivity contribution >= 4 is 39.2 Å². The molecule has 2 aromatic carbocycles. The van der Waals surface area contributed by atoms with Crippen LogP contribution in [0.3, 0.4) is 0 Å². The Balaban J connectivity index is 1.77. The van der Waals surface area contributed by atoms with Crippen LogP contribution in [0.2, 0.25) is 0 Å². The molecule has 0 radical (unpaired) electrons. The third-order valence-corrected chi connectivity index (χ3v) is 6.73. The molecule has 4 aromatic rings. The van der Waals surface area contributed by atoms with Gasteiger partial charge >= 0.3 is 17.8 Å². The van der Waals surface area contributed by atoms with Gasteiger partial charge < -0.3 is 9.47 Å². The molecule has 1 unspecified atom stereocenters. The van der Waals surface area contributed by atoms with Crippen LogP contribution in [-0.2, 0) is 22.8 Å². The number of nitrogens with zero attached hydrogens (tertiary/aromatic N) is 3. The van der Waals surface area contributed by atoms with E-state index in [1.54, 1.807) is 31.2 Å². The second-order valence-electron chi connectivity index (χ2n) is 8.35. The summed E-state index contributed by atoms with van der Waals surface area (Å²) in [5.41, 5.74) is -1.46. The third-order valence-electron chi connectivity index (χ3n) is 5.75. The van der Waals surface area contributed by atoms with Crippen LogP contribution < -0.4 is 16.0 Å². The maximum atomic E-state index is 13.2. The van der Waals surface area contributed by atoms with E-state index in [-0.39, 0.29) is 18.2 Å². The van der Waals surface area contributed by atoms with Gasteiger partial charge in [-0.15, -0.1) is 11.6 Å². The summed E-state index contributed by atoms with van der Waals surface area (Å²) in [4.78, 5) is 37.4. The molecule has 1 atom stereocenters. The SMILES string of the molecule is Cc1ccc(OC(C)C(=O)OCCCl)cc1-c1nsc2ccc(-n3c(=O)cc(C(F)(F)F)n(C)c3=O)cc12. The van der Waals surface area contributed by atoms with Gasteiger partial charge in [-0.05, 0) is 61.3 Å². The van der Waals surface area contributed by atoms with E-state index < -0.39 is 35.2 Å². The van der Waals surface area contributed by atoms with Crippen molar-refractivity contribution < 1.29 is 27.4 Å². The highest BCUT2D eigenvalue weighted by atomic mass is 35.5. The van der Waals surface area contributed by atoms with Gasteiger partial charge in [-0.3, -0.25) is 9.36 Å². The predicted molar refractivity (Wildman–Crippen MR) is 137 cm³/mol. The third kappa shape index (κ3) is 5.32. The van der Waals surface area contributed by atoms with Crippen LogP contribution in [0, 0.1) is 6.92 Å². The molecule has 38 heavy (non-hydrogen) atoms. The predicted octanol–water partition coefficient (Wildman–Crippen LogP) is 4.69. The Kier molecular flexibility index (Phi) is 7.65. The molecule has 0 amide bonds. The van der Waals surface area contributed by atoms with E-state index >= 15 is 0 Å². The van der Waals surface area contributed by atoms with Crippen LogP contribution in [0.5, 0.6) is 5.75 Å². The zero-order valence-electron chi connectivity index (χ0n) is 20.3. The Labute approximate surface area is 223 Å². The number of aryl methyl sites for hydroxylation is 1. The standard InChI is InChI=1S/C25H21ClF3N3O5S/c1-13-4-6-16(37-14(2)23(34)36-9-8-26)11-17(13)22-18-10-15(5-7-19(18)38-30-22)32-21(33)12-20(25(27,28)29)31(3)24(32)35/h4-7,10-12,14H,8-9H2,1-3H3. The van der Waals surface area contributed by atoms with Gasteiger partial charge in [0.15, 0.2) is 6.10 Å². The molecule has 8 nitrogen and oxygen atoms in total. The first kappa shape index (κ1) is 27.4. The number of hydrogen-bond donors (Lipinski definition) is 0. The number of alkyl halides is 4. The highest BCUT2D eigenvalue weighted by Crippen LogP contribution is 2.36. The topological polar surface area (TPSA) is 92.4 Å². The molecule has 0 bridgehead atoms. The van der Waals surface area contributed by atoms with Crippen molar-refractivity contribution in [2.24, 2.45) is 7.05 Å². The molecule has 2 heterocycles. The first-order valence-electron chi connectivity index (χ1n) is 11.2. The van der Waals surface area contributed by atoms with Crippen LogP contribution >= 0.6 is 23.1 Å². The lowest BCUT2D eigenvalue weighted by Gasteiger charge is -2.15. The van der Waals surface area contributed by atoms with Gasteiger partial charge in [0.05, 0.1) is 22.0 Å². The smallest absolute Gasteiger partial charge is 0.431 e. The Hall–Kier alpha value is -3.64. The summed E-state index contributed by atoms with van der Waals surface area (Å²) in [6.07, 6.45) is -5.75. The molecular formula is C25H21ClF3N3O5S. The van der Waals surface area contributed by atoms with Gasteiger partial charge in [0, 0.05) is 24.1 Å². The van der Waals surface area contributed by atoms with Gasteiger partial charge in [-0.2, -0.15) is 17.5 Å². The number of benzene rings is 2. The number of esters is 1. The van der Waals surface area contributed by atoms with Gasteiger partial charge in [0.25, 0.3) is 5.56 Å². The highest BCUT2D eigenvalue weighted by Gasteiger charge is 2.35. The van der Waals surface area contributed by atoms with E-state index in [1.165, 1.54) is 23.7 Å². The summed E-state index contributed by atoms with van der Waals surface area (Å²) in [5.74, 6) is -0.0253. The van der Waals surface area contributed by atoms with Gasteiger partial charge in [0.2, 0.25) is 0 Å². The summed E-state index contributed by atoms with van der Waals surface area (Å²) in [6, 6.07) is 10.2. The molecule has 0 saturated carbocycles. The maximum absolute atomic E-state index is 13.2. The second kappa shape index (κ2) is 10.6. The molecule has 0 N–H and O–H groups in total. The van der Waals surface area contributed by atoms with Gasteiger partial charge in [0.1, 0.15) is 18.1 Å². The largest absolute Gasteiger partial charge is 0.479 e. The lowest BCUT2D eigenvalue weighted by Crippen LogP contribution is -2.40. The molecule has 0 fully saturated rings. The fraction of sp³-hybridized carbons (Fsp3) is 0.280. The second-order valence-corrected chi connectivity index (χ2v) is 9.53. The highest BCUT2D eigenvalue weighted by molar-refractivity contribution is 7.13. The molecule has 0 spiro atoms. The molecule has 13 heteroatoms. The van der Waals surface area contributed by atoms with E-state index in [2.05, 4.69) is 4.37 Å². The summed E-state index contributed by atoms with van der Waals surface area (Å²) in [5, 5.41) is 0.580. The molecule has 200 valence electrons. The van der Waals surface area contributed by atoms with Crippen LogP contribution in [-0.4, -0.2) is 38.1 Å². The normalized spacial score (nSPS) is 12.5. The van der Waals surface area contributed by atoms with Crippen molar-refractivity contribution in [1.82, 2.24) is 13.5 Å². The zero-order chi connectivity index (χ0) is 27.8. The van der Waals surface area contributed by atoms with E-state index in [0.29, 0.717) is 37.6 Å². The minimum Gasteiger partial charge on any atom is -0.479 e. The van der Waals surface area contributed by atoms with Crippen LogP contribution in [0.1, 0.15) is 18.2 Å². The number of aromatic nitrogens is 3. The summed E-state index contributed by atoms with van der Waals surface area (Å²) < 4.78 is 56.8. The molecule has 0 saturated heterocycles. The summed E-state index contributed by atoms with van der Waals surface area (Å²) in [7, 11) is 0.957. The van der Waals surface area contributed by atoms with Gasteiger partial charge in [-0.25, -0.2) is 14.2 Å². The first-order valence-corrected chi connectivity index (χ1v) is 12.5. The summed E-state index contributed by atoms with van der Waals surface area (Å²) >= 11 is 6.72. The van der Waals surface area contributed by atoms with Crippen molar-refractivity contribution in [3.05, 3.63) is 74.6 Å². The maximum Gasteiger partial charge on any atom is 0.431 e. The van der Waals surface area contributed by atoms with Crippen LogP contribution in [0.15, 0.2) is 52.1 Å². The molecule has 0 aliphatic heterocycles. The summed E-state index contributed by atoms with van der Waals surface area (Å²) in [6.45, 7) is 3.46. The van der Waals surface area contributed by atoms with E-state index in [9.17, 15) is 27.6 Å². The Morgan fingerprint density at radius 1 is 1.16 bits per heavy atom. The number of rotatable bonds is 7. The van der Waals surface area contributed by atoms with E-state index in [4.69, 9.17) is 21.1 Å². The fourth-order valence-electron chi connectivity index (χ4n) is 3.83. The number of halogens is 4. The van der Waals surface area contributed by atoms with Crippen molar-refractivity contribution in [2.45, 2.75) is 26.1 Å².